The average Bonchev–Trinajstić information content (AvgIpc) is 2.16. The highest BCUT2D eigenvalue weighted by Crippen LogP contribution is 2.35. The fourth-order valence-corrected chi connectivity index (χ4v) is 1.17. The first kappa shape index (κ1) is 10.7. The Bertz CT molecular complexity index is 311. The quantitative estimate of drug-likeness (QED) is 0.810. The molecule has 0 saturated heterocycles. The molecule has 1 aromatic carbocycles. The molecule has 0 radical (unpaired) electrons. The van der Waals surface area contributed by atoms with Gasteiger partial charge in [0.1, 0.15) is 5.82 Å². The van der Waals surface area contributed by atoms with Gasteiger partial charge in [-0.3, -0.25) is 0 Å². The van der Waals surface area contributed by atoms with Crippen molar-refractivity contribution < 1.29 is 23.4 Å². The zero-order valence-electron chi connectivity index (χ0n) is 7.80. The van der Waals surface area contributed by atoms with Gasteiger partial charge in [0.05, 0.1) is 26.4 Å². The Morgan fingerprint density at radius 3 is 2.14 bits per heavy atom. The van der Waals surface area contributed by atoms with Crippen molar-refractivity contribution in [3.63, 3.8) is 0 Å². The van der Waals surface area contributed by atoms with Crippen LogP contribution in [0.3, 0.4) is 0 Å². The van der Waals surface area contributed by atoms with Crippen molar-refractivity contribution in [3.05, 3.63) is 23.3 Å². The molecule has 0 atom stereocenters. The van der Waals surface area contributed by atoms with Crippen molar-refractivity contribution in [1.29, 1.82) is 0 Å². The van der Waals surface area contributed by atoms with Gasteiger partial charge in [0.15, 0.2) is 17.3 Å². The van der Waals surface area contributed by atoms with Crippen LogP contribution in [-0.4, -0.2) is 19.3 Å². The summed E-state index contributed by atoms with van der Waals surface area (Å²) in [6.07, 6.45) is 0. The van der Waals surface area contributed by atoms with Gasteiger partial charge in [0, 0.05) is 6.07 Å². The summed E-state index contributed by atoms with van der Waals surface area (Å²) in [5.74, 6) is -2.05. The van der Waals surface area contributed by atoms with E-state index in [9.17, 15) is 8.78 Å². The van der Waals surface area contributed by atoms with E-state index in [4.69, 9.17) is 9.84 Å². The van der Waals surface area contributed by atoms with Crippen LogP contribution in [0.15, 0.2) is 6.07 Å². The topological polar surface area (TPSA) is 38.7 Å². The van der Waals surface area contributed by atoms with Gasteiger partial charge in [-0.05, 0) is 0 Å². The summed E-state index contributed by atoms with van der Waals surface area (Å²) < 4.78 is 35.6. The zero-order chi connectivity index (χ0) is 10.7. The summed E-state index contributed by atoms with van der Waals surface area (Å²) in [6.45, 7) is -0.578. The first-order valence-corrected chi connectivity index (χ1v) is 3.85. The summed E-state index contributed by atoms with van der Waals surface area (Å²) >= 11 is 0. The van der Waals surface area contributed by atoms with Crippen LogP contribution >= 0.6 is 0 Å². The van der Waals surface area contributed by atoms with Crippen molar-refractivity contribution >= 4 is 0 Å². The van der Waals surface area contributed by atoms with Gasteiger partial charge in [0.2, 0.25) is 0 Å². The minimum atomic E-state index is -0.862. The lowest BCUT2D eigenvalue weighted by atomic mass is 10.1. The highest BCUT2D eigenvalue weighted by Gasteiger charge is 2.19. The monoisotopic (exact) mass is 204 g/mol. The van der Waals surface area contributed by atoms with Crippen LogP contribution in [0.25, 0.3) is 0 Å². The van der Waals surface area contributed by atoms with Crippen LogP contribution in [0, 0.1) is 11.6 Å². The predicted octanol–water partition coefficient (Wildman–Crippen LogP) is 1.47. The van der Waals surface area contributed by atoms with Gasteiger partial charge in [-0.2, -0.15) is 0 Å². The Hall–Kier alpha value is -1.36. The standard InChI is InChI=1S/C9H10F2O3/c1-13-8-5(4-12)6(10)3-7(11)9(8)14-2/h3,12H,4H2,1-2H3. The molecule has 0 bridgehead atoms. The lowest BCUT2D eigenvalue weighted by Crippen LogP contribution is -2.01. The molecular formula is C9H10F2O3. The number of hydrogen-bond acceptors (Lipinski definition) is 3. The smallest absolute Gasteiger partial charge is 0.197 e. The SMILES string of the molecule is COc1c(F)cc(F)c(CO)c1OC. The summed E-state index contributed by atoms with van der Waals surface area (Å²) in [5.41, 5.74) is -0.120. The molecule has 14 heavy (non-hydrogen) atoms. The van der Waals surface area contributed by atoms with E-state index in [2.05, 4.69) is 4.74 Å². The normalized spacial score (nSPS) is 10.1. The Morgan fingerprint density at radius 2 is 1.71 bits per heavy atom. The van der Waals surface area contributed by atoms with Crippen LogP contribution < -0.4 is 9.47 Å². The molecule has 0 aliphatic heterocycles. The zero-order valence-corrected chi connectivity index (χ0v) is 7.80. The van der Waals surface area contributed by atoms with E-state index < -0.39 is 18.2 Å². The molecule has 1 aromatic rings. The number of ether oxygens (including phenoxy) is 2. The second-order valence-corrected chi connectivity index (χ2v) is 2.54. The minimum Gasteiger partial charge on any atom is -0.492 e. The molecule has 1 N–H and O–H groups in total. The highest BCUT2D eigenvalue weighted by molar-refractivity contribution is 5.48. The maximum atomic E-state index is 13.1. The lowest BCUT2D eigenvalue weighted by molar-refractivity contribution is 0.260. The summed E-state index contributed by atoms with van der Waals surface area (Å²) in [6, 6.07) is 0.646. The van der Waals surface area contributed by atoms with E-state index in [1.54, 1.807) is 0 Å². The number of hydrogen-bond donors (Lipinski definition) is 1. The third kappa shape index (κ3) is 1.63. The van der Waals surface area contributed by atoms with Crippen LogP contribution in [-0.2, 0) is 6.61 Å². The molecule has 5 heteroatoms. The lowest BCUT2D eigenvalue weighted by Gasteiger charge is -2.12. The number of rotatable bonds is 3. The largest absolute Gasteiger partial charge is 0.492 e. The van der Waals surface area contributed by atoms with E-state index in [0.717, 1.165) is 0 Å². The van der Waals surface area contributed by atoms with E-state index in [0.29, 0.717) is 6.07 Å². The second-order valence-electron chi connectivity index (χ2n) is 2.54. The number of methoxy groups -OCH3 is 2. The maximum Gasteiger partial charge on any atom is 0.197 e. The third-order valence-electron chi connectivity index (χ3n) is 1.81. The molecule has 3 nitrogen and oxygen atoms in total. The molecular weight excluding hydrogens is 194 g/mol. The summed E-state index contributed by atoms with van der Waals surface area (Å²) in [5, 5.41) is 8.84. The van der Waals surface area contributed by atoms with Crippen molar-refractivity contribution in [2.24, 2.45) is 0 Å². The fraction of sp³-hybridized carbons (Fsp3) is 0.333. The molecule has 0 aliphatic carbocycles. The first-order chi connectivity index (χ1) is 6.65. The molecule has 0 saturated carbocycles. The molecule has 0 unspecified atom stereocenters. The molecule has 0 spiro atoms. The second kappa shape index (κ2) is 4.23. The molecule has 0 amide bonds. The van der Waals surface area contributed by atoms with Gasteiger partial charge in [-0.25, -0.2) is 8.78 Å². The van der Waals surface area contributed by atoms with Crippen molar-refractivity contribution in [2.75, 3.05) is 14.2 Å². The number of benzene rings is 1. The van der Waals surface area contributed by atoms with Gasteiger partial charge in [-0.1, -0.05) is 0 Å². The van der Waals surface area contributed by atoms with Crippen molar-refractivity contribution in [2.45, 2.75) is 6.61 Å². The van der Waals surface area contributed by atoms with Crippen molar-refractivity contribution in [3.8, 4) is 11.5 Å². The van der Waals surface area contributed by atoms with Gasteiger partial charge < -0.3 is 14.6 Å². The minimum absolute atomic E-state index is 0.118. The van der Waals surface area contributed by atoms with E-state index in [1.807, 2.05) is 0 Å². The predicted molar refractivity (Wildman–Crippen MR) is 45.4 cm³/mol. The van der Waals surface area contributed by atoms with Gasteiger partial charge >= 0.3 is 0 Å². The van der Waals surface area contributed by atoms with E-state index >= 15 is 0 Å². The summed E-state index contributed by atoms with van der Waals surface area (Å²) in [4.78, 5) is 0. The van der Waals surface area contributed by atoms with Crippen LogP contribution in [0.5, 0.6) is 11.5 Å². The van der Waals surface area contributed by atoms with E-state index in [-0.39, 0.29) is 17.1 Å². The Balaban J connectivity index is 3.43. The summed E-state index contributed by atoms with van der Waals surface area (Å²) in [7, 11) is 2.48. The van der Waals surface area contributed by atoms with Gasteiger partial charge in [0.25, 0.3) is 0 Å². The van der Waals surface area contributed by atoms with Crippen LogP contribution in [0.1, 0.15) is 5.56 Å². The highest BCUT2D eigenvalue weighted by atomic mass is 19.1. The van der Waals surface area contributed by atoms with Crippen LogP contribution in [0.4, 0.5) is 8.78 Å². The molecule has 0 heterocycles. The van der Waals surface area contributed by atoms with Crippen molar-refractivity contribution in [1.82, 2.24) is 0 Å². The molecule has 0 aromatic heterocycles. The Morgan fingerprint density at radius 1 is 1.14 bits per heavy atom. The molecule has 0 aliphatic rings. The molecule has 1 rings (SSSR count). The third-order valence-corrected chi connectivity index (χ3v) is 1.81. The number of halogens is 2. The Labute approximate surface area is 79.9 Å². The van der Waals surface area contributed by atoms with Gasteiger partial charge in [-0.15, -0.1) is 0 Å². The fourth-order valence-electron chi connectivity index (χ4n) is 1.17. The molecule has 78 valence electrons. The first-order valence-electron chi connectivity index (χ1n) is 3.85. The van der Waals surface area contributed by atoms with E-state index in [1.165, 1.54) is 14.2 Å². The maximum absolute atomic E-state index is 13.1. The number of aliphatic hydroxyl groups excluding tert-OH is 1. The average molecular weight is 204 g/mol. The number of aliphatic hydroxyl groups is 1. The molecule has 0 fully saturated rings. The van der Waals surface area contributed by atoms with Crippen LogP contribution in [0.2, 0.25) is 0 Å². The Kier molecular flexibility index (Phi) is 3.24.